The minimum Gasteiger partial charge on any atom is -0.300 e. The fourth-order valence-electron chi connectivity index (χ4n) is 3.88. The monoisotopic (exact) mass is 151 g/mol. The largest absolute Gasteiger partial charge is 0.300 e. The lowest BCUT2D eigenvalue weighted by Gasteiger charge is -2.36. The third-order valence-electron chi connectivity index (χ3n) is 4.41. The number of piperidine rings is 1. The molecule has 3 rings (SSSR count). The van der Waals surface area contributed by atoms with Crippen LogP contribution < -0.4 is 0 Å². The Morgan fingerprint density at radius 2 is 1.45 bits per heavy atom. The highest BCUT2D eigenvalue weighted by molar-refractivity contribution is 5.02. The normalized spacial score (nSPS) is 55.4. The van der Waals surface area contributed by atoms with Gasteiger partial charge in [0.25, 0.3) is 0 Å². The molecule has 4 unspecified atom stereocenters. The van der Waals surface area contributed by atoms with E-state index in [0.29, 0.717) is 0 Å². The summed E-state index contributed by atoms with van der Waals surface area (Å²) < 4.78 is 0. The summed E-state index contributed by atoms with van der Waals surface area (Å²) in [6, 6.07) is 1.97. The number of rotatable bonds is 0. The smallest absolute Gasteiger partial charge is 0.0124 e. The average Bonchev–Trinajstić information content (AvgIpc) is 2.42. The topological polar surface area (TPSA) is 3.24 Å². The van der Waals surface area contributed by atoms with Gasteiger partial charge in [-0.05, 0) is 51.0 Å². The van der Waals surface area contributed by atoms with Gasteiger partial charge in [-0.2, -0.15) is 0 Å². The second-order valence-electron chi connectivity index (χ2n) is 4.71. The van der Waals surface area contributed by atoms with Crippen molar-refractivity contribution < 1.29 is 0 Å². The van der Waals surface area contributed by atoms with Gasteiger partial charge in [0.05, 0.1) is 0 Å². The summed E-state index contributed by atoms with van der Waals surface area (Å²) in [6.45, 7) is 0. The standard InChI is InChI=1S/C10H17N/c1-11-9-4-5-10(11)8-3-2-7(9)6-8/h7-10H,2-6H2,1H3. The van der Waals surface area contributed by atoms with Crippen LogP contribution in [0.25, 0.3) is 0 Å². The molecule has 0 aromatic carbocycles. The van der Waals surface area contributed by atoms with Crippen LogP contribution in [0, 0.1) is 11.8 Å². The zero-order valence-electron chi connectivity index (χ0n) is 7.29. The van der Waals surface area contributed by atoms with E-state index in [2.05, 4.69) is 11.9 Å². The zero-order valence-corrected chi connectivity index (χ0v) is 7.29. The van der Waals surface area contributed by atoms with E-state index in [-0.39, 0.29) is 0 Å². The molecule has 11 heavy (non-hydrogen) atoms. The van der Waals surface area contributed by atoms with E-state index < -0.39 is 0 Å². The van der Waals surface area contributed by atoms with Crippen molar-refractivity contribution in [3.8, 4) is 0 Å². The highest BCUT2D eigenvalue weighted by Crippen LogP contribution is 2.49. The van der Waals surface area contributed by atoms with Gasteiger partial charge in [0.2, 0.25) is 0 Å². The van der Waals surface area contributed by atoms with Crippen molar-refractivity contribution in [3.63, 3.8) is 0 Å². The maximum Gasteiger partial charge on any atom is 0.0124 e. The number of fused-ring (bicyclic) bond motifs is 6. The fourth-order valence-corrected chi connectivity index (χ4v) is 3.88. The summed E-state index contributed by atoms with van der Waals surface area (Å²) >= 11 is 0. The van der Waals surface area contributed by atoms with Crippen LogP contribution in [0.5, 0.6) is 0 Å². The summed E-state index contributed by atoms with van der Waals surface area (Å²) in [5.41, 5.74) is 0. The Bertz CT molecular complexity index is 156. The molecule has 0 aromatic rings. The van der Waals surface area contributed by atoms with E-state index in [4.69, 9.17) is 0 Å². The average molecular weight is 151 g/mol. The quantitative estimate of drug-likeness (QED) is 0.511. The van der Waals surface area contributed by atoms with Crippen LogP contribution in [0.3, 0.4) is 0 Å². The van der Waals surface area contributed by atoms with Crippen molar-refractivity contribution in [2.45, 2.75) is 44.2 Å². The molecule has 4 bridgehead atoms. The van der Waals surface area contributed by atoms with Crippen LogP contribution in [0.1, 0.15) is 32.1 Å². The predicted molar refractivity (Wildman–Crippen MR) is 45.4 cm³/mol. The minimum absolute atomic E-state index is 0.985. The Labute approximate surface area is 68.8 Å². The predicted octanol–water partition coefficient (Wildman–Crippen LogP) is 1.88. The highest BCUT2D eigenvalue weighted by atomic mass is 15.2. The van der Waals surface area contributed by atoms with Crippen LogP contribution in [0.15, 0.2) is 0 Å². The van der Waals surface area contributed by atoms with Gasteiger partial charge in [-0.3, -0.25) is 4.90 Å². The maximum absolute atomic E-state index is 2.69. The van der Waals surface area contributed by atoms with Crippen molar-refractivity contribution in [1.82, 2.24) is 4.90 Å². The maximum atomic E-state index is 2.69. The molecule has 1 heteroatoms. The lowest BCUT2D eigenvalue weighted by Crippen LogP contribution is -2.42. The van der Waals surface area contributed by atoms with Gasteiger partial charge in [-0.25, -0.2) is 0 Å². The Kier molecular flexibility index (Phi) is 1.18. The summed E-state index contributed by atoms with van der Waals surface area (Å²) in [7, 11) is 2.35. The third kappa shape index (κ3) is 0.703. The van der Waals surface area contributed by atoms with E-state index in [9.17, 15) is 0 Å². The van der Waals surface area contributed by atoms with Crippen molar-refractivity contribution in [2.24, 2.45) is 11.8 Å². The van der Waals surface area contributed by atoms with Gasteiger partial charge in [-0.1, -0.05) is 0 Å². The molecule has 0 aromatic heterocycles. The number of hydrogen-bond acceptors (Lipinski definition) is 1. The van der Waals surface area contributed by atoms with E-state index in [1.54, 1.807) is 6.42 Å². The molecule has 0 spiro atoms. The van der Waals surface area contributed by atoms with Crippen LogP contribution in [0.4, 0.5) is 0 Å². The van der Waals surface area contributed by atoms with Gasteiger partial charge in [-0.15, -0.1) is 0 Å². The molecule has 1 saturated carbocycles. The fraction of sp³-hybridized carbons (Fsp3) is 1.00. The molecule has 1 nitrogen and oxygen atoms in total. The molecular formula is C10H17N. The minimum atomic E-state index is 0.985. The third-order valence-corrected chi connectivity index (χ3v) is 4.41. The summed E-state index contributed by atoms with van der Waals surface area (Å²) in [5, 5.41) is 0. The van der Waals surface area contributed by atoms with E-state index in [1.165, 1.54) is 25.7 Å². The van der Waals surface area contributed by atoms with Gasteiger partial charge in [0.15, 0.2) is 0 Å². The Morgan fingerprint density at radius 1 is 0.909 bits per heavy atom. The molecule has 0 radical (unpaired) electrons. The van der Waals surface area contributed by atoms with Crippen molar-refractivity contribution in [2.75, 3.05) is 7.05 Å². The lowest BCUT2D eigenvalue weighted by atomic mass is 9.92. The Morgan fingerprint density at radius 3 is 2.00 bits per heavy atom. The van der Waals surface area contributed by atoms with Gasteiger partial charge < -0.3 is 0 Å². The van der Waals surface area contributed by atoms with E-state index in [0.717, 1.165) is 23.9 Å². The molecule has 0 N–H and O–H groups in total. The van der Waals surface area contributed by atoms with Crippen molar-refractivity contribution >= 4 is 0 Å². The first-order valence-electron chi connectivity index (χ1n) is 5.08. The van der Waals surface area contributed by atoms with Gasteiger partial charge in [0.1, 0.15) is 0 Å². The summed E-state index contributed by atoms with van der Waals surface area (Å²) in [5.74, 6) is 2.17. The molecule has 2 heterocycles. The van der Waals surface area contributed by atoms with Crippen molar-refractivity contribution in [3.05, 3.63) is 0 Å². The molecule has 3 fully saturated rings. The summed E-state index contributed by atoms with van der Waals surface area (Å²) in [4.78, 5) is 2.69. The van der Waals surface area contributed by atoms with Crippen LogP contribution in [0.2, 0.25) is 0 Å². The van der Waals surface area contributed by atoms with Crippen LogP contribution in [-0.2, 0) is 0 Å². The molecule has 4 atom stereocenters. The highest BCUT2D eigenvalue weighted by Gasteiger charge is 2.48. The van der Waals surface area contributed by atoms with Gasteiger partial charge in [0, 0.05) is 12.1 Å². The molecule has 0 amide bonds. The molecule has 1 aliphatic carbocycles. The first-order chi connectivity index (χ1) is 5.36. The van der Waals surface area contributed by atoms with Crippen molar-refractivity contribution in [1.29, 1.82) is 0 Å². The van der Waals surface area contributed by atoms with E-state index >= 15 is 0 Å². The van der Waals surface area contributed by atoms with E-state index in [1.807, 2.05) is 0 Å². The Balaban J connectivity index is 1.97. The second kappa shape index (κ2) is 2.01. The van der Waals surface area contributed by atoms with Gasteiger partial charge >= 0.3 is 0 Å². The number of nitrogens with zero attached hydrogens (tertiary/aromatic N) is 1. The van der Waals surface area contributed by atoms with Crippen LogP contribution in [-0.4, -0.2) is 24.0 Å². The molecule has 3 aliphatic rings. The molecule has 2 saturated heterocycles. The SMILES string of the molecule is CN1C2CCC1C1CCC2C1. The second-order valence-corrected chi connectivity index (χ2v) is 4.71. The number of hydrogen-bond donors (Lipinski definition) is 0. The Hall–Kier alpha value is -0.0400. The molecular weight excluding hydrogens is 134 g/mol. The lowest BCUT2D eigenvalue weighted by molar-refractivity contribution is 0.113. The first-order valence-corrected chi connectivity index (χ1v) is 5.08. The van der Waals surface area contributed by atoms with Crippen LogP contribution >= 0.6 is 0 Å². The molecule has 62 valence electrons. The molecule has 2 aliphatic heterocycles. The zero-order chi connectivity index (χ0) is 7.42. The first kappa shape index (κ1) is 6.47. The summed E-state index contributed by atoms with van der Waals surface area (Å²) in [6.07, 6.45) is 7.65.